The number of carbonyl (C=O) groups is 2. The molecule has 0 saturated heterocycles. The van der Waals surface area contributed by atoms with Gasteiger partial charge in [-0.05, 0) is 54.6 Å². The molecular formula is C24H17ClO6. The van der Waals surface area contributed by atoms with Gasteiger partial charge < -0.3 is 18.9 Å². The number of hydrogen-bond donors (Lipinski definition) is 0. The summed E-state index contributed by atoms with van der Waals surface area (Å²) >= 11 is 5.84. The van der Waals surface area contributed by atoms with Crippen molar-refractivity contribution in [1.82, 2.24) is 0 Å². The maximum Gasteiger partial charge on any atom is 0.343 e. The second-order valence-electron chi connectivity index (χ2n) is 6.60. The second kappa shape index (κ2) is 8.53. The van der Waals surface area contributed by atoms with Gasteiger partial charge in [0.15, 0.2) is 5.76 Å². The molecule has 0 aromatic heterocycles. The summed E-state index contributed by atoms with van der Waals surface area (Å²) in [7, 11) is 3.09. The molecule has 1 aliphatic rings. The van der Waals surface area contributed by atoms with Crippen molar-refractivity contribution in [3.8, 4) is 23.0 Å². The van der Waals surface area contributed by atoms with Crippen molar-refractivity contribution in [2.24, 2.45) is 0 Å². The van der Waals surface area contributed by atoms with Crippen molar-refractivity contribution in [3.05, 3.63) is 88.1 Å². The van der Waals surface area contributed by atoms with Gasteiger partial charge in [-0.15, -0.1) is 0 Å². The summed E-state index contributed by atoms with van der Waals surface area (Å²) in [5.41, 5.74) is 1.40. The number of fused-ring (bicyclic) bond motifs is 1. The van der Waals surface area contributed by atoms with Gasteiger partial charge in [-0.2, -0.15) is 0 Å². The highest BCUT2D eigenvalue weighted by Crippen LogP contribution is 2.36. The van der Waals surface area contributed by atoms with Gasteiger partial charge in [0.25, 0.3) is 0 Å². The molecule has 1 heterocycles. The molecule has 0 atom stereocenters. The van der Waals surface area contributed by atoms with E-state index >= 15 is 0 Å². The van der Waals surface area contributed by atoms with Gasteiger partial charge in [-0.1, -0.05) is 11.6 Å². The van der Waals surface area contributed by atoms with Crippen LogP contribution < -0.4 is 18.9 Å². The Morgan fingerprint density at radius 2 is 1.68 bits per heavy atom. The molecule has 0 aliphatic carbocycles. The molecule has 0 bridgehead atoms. The van der Waals surface area contributed by atoms with Crippen molar-refractivity contribution in [2.75, 3.05) is 14.2 Å². The number of benzene rings is 3. The second-order valence-corrected chi connectivity index (χ2v) is 7.04. The van der Waals surface area contributed by atoms with Crippen LogP contribution in [-0.2, 0) is 0 Å². The highest BCUT2D eigenvalue weighted by atomic mass is 35.5. The molecule has 3 aromatic carbocycles. The minimum absolute atomic E-state index is 0.139. The summed E-state index contributed by atoms with van der Waals surface area (Å²) in [4.78, 5) is 25.0. The molecule has 4 rings (SSSR count). The highest BCUT2D eigenvalue weighted by Gasteiger charge is 2.28. The van der Waals surface area contributed by atoms with Gasteiger partial charge in [0.05, 0.1) is 25.3 Å². The molecule has 0 unspecified atom stereocenters. The van der Waals surface area contributed by atoms with Crippen molar-refractivity contribution in [1.29, 1.82) is 0 Å². The monoisotopic (exact) mass is 436 g/mol. The average Bonchev–Trinajstić information content (AvgIpc) is 3.09. The Labute approximate surface area is 183 Å². The first-order valence-corrected chi connectivity index (χ1v) is 9.64. The van der Waals surface area contributed by atoms with E-state index in [0.717, 1.165) is 0 Å². The Balaban J connectivity index is 1.56. The third kappa shape index (κ3) is 4.25. The number of hydrogen-bond acceptors (Lipinski definition) is 6. The van der Waals surface area contributed by atoms with E-state index in [9.17, 15) is 9.59 Å². The number of ketones is 1. The van der Waals surface area contributed by atoms with E-state index in [1.807, 2.05) is 0 Å². The number of esters is 1. The molecular weight excluding hydrogens is 420 g/mol. The molecule has 31 heavy (non-hydrogen) atoms. The molecule has 0 N–H and O–H groups in total. The van der Waals surface area contributed by atoms with Gasteiger partial charge >= 0.3 is 5.97 Å². The van der Waals surface area contributed by atoms with Crippen molar-refractivity contribution in [3.63, 3.8) is 0 Å². The fraction of sp³-hybridized carbons (Fsp3) is 0.0833. The molecule has 7 heteroatoms. The quantitative estimate of drug-likeness (QED) is 0.311. The molecule has 0 saturated carbocycles. The first-order valence-electron chi connectivity index (χ1n) is 9.26. The Bertz CT molecular complexity index is 1200. The van der Waals surface area contributed by atoms with Crippen LogP contribution in [0.4, 0.5) is 0 Å². The third-order valence-corrected chi connectivity index (χ3v) is 4.91. The maximum atomic E-state index is 12.7. The minimum atomic E-state index is -0.542. The van der Waals surface area contributed by atoms with Crippen LogP contribution in [0.5, 0.6) is 23.0 Å². The zero-order valence-electron chi connectivity index (χ0n) is 16.7. The van der Waals surface area contributed by atoms with Crippen molar-refractivity contribution >= 4 is 29.4 Å². The Morgan fingerprint density at radius 1 is 0.935 bits per heavy atom. The smallest absolute Gasteiger partial charge is 0.343 e. The molecule has 0 radical (unpaired) electrons. The number of halogens is 1. The largest absolute Gasteiger partial charge is 0.497 e. The Morgan fingerprint density at radius 3 is 2.39 bits per heavy atom. The van der Waals surface area contributed by atoms with Crippen LogP contribution in [0.1, 0.15) is 26.3 Å². The zero-order chi connectivity index (χ0) is 22.0. The number of Topliss-reactive ketones (excluding diaryl/α,β-unsaturated/α-hetero) is 1. The molecule has 3 aromatic rings. The van der Waals surface area contributed by atoms with Crippen LogP contribution in [0, 0.1) is 0 Å². The summed E-state index contributed by atoms with van der Waals surface area (Å²) in [6.07, 6.45) is 1.60. The molecule has 6 nitrogen and oxygen atoms in total. The molecule has 0 spiro atoms. The molecule has 0 amide bonds. The summed E-state index contributed by atoms with van der Waals surface area (Å²) in [6, 6.07) is 16.2. The van der Waals surface area contributed by atoms with Gasteiger partial charge in [0.2, 0.25) is 5.78 Å². The molecule has 156 valence electrons. The van der Waals surface area contributed by atoms with Crippen molar-refractivity contribution in [2.45, 2.75) is 0 Å². The number of rotatable bonds is 5. The topological polar surface area (TPSA) is 71.1 Å². The minimum Gasteiger partial charge on any atom is -0.497 e. The summed E-state index contributed by atoms with van der Waals surface area (Å²) in [6.45, 7) is 0. The van der Waals surface area contributed by atoms with Crippen molar-refractivity contribution < 1.29 is 28.5 Å². The summed E-state index contributed by atoms with van der Waals surface area (Å²) in [5, 5.41) is 0.522. The first-order chi connectivity index (χ1) is 15.0. The SMILES string of the molecule is COc1ccc(C=C2Oc3cc(OC(=O)c4ccc(Cl)cc4)ccc3C2=O)c(OC)c1. The van der Waals surface area contributed by atoms with Crippen LogP contribution >= 0.6 is 11.6 Å². The van der Waals surface area contributed by atoms with Gasteiger partial charge in [-0.25, -0.2) is 4.79 Å². The highest BCUT2D eigenvalue weighted by molar-refractivity contribution is 6.30. The summed E-state index contributed by atoms with van der Waals surface area (Å²) in [5.74, 6) is 1.06. The van der Waals surface area contributed by atoms with E-state index in [-0.39, 0.29) is 17.3 Å². The summed E-state index contributed by atoms with van der Waals surface area (Å²) < 4.78 is 21.7. The van der Waals surface area contributed by atoms with E-state index in [0.29, 0.717) is 39.0 Å². The van der Waals surface area contributed by atoms with Gasteiger partial charge in [-0.3, -0.25) is 4.79 Å². The van der Waals surface area contributed by atoms with E-state index in [1.54, 1.807) is 67.8 Å². The van der Waals surface area contributed by atoms with Crippen LogP contribution in [0.25, 0.3) is 6.08 Å². The zero-order valence-corrected chi connectivity index (χ0v) is 17.4. The van der Waals surface area contributed by atoms with Crippen LogP contribution in [0.2, 0.25) is 5.02 Å². The molecule has 1 aliphatic heterocycles. The maximum absolute atomic E-state index is 12.7. The fourth-order valence-electron chi connectivity index (χ4n) is 3.06. The normalized spacial score (nSPS) is 13.5. The number of carbonyl (C=O) groups excluding carboxylic acids is 2. The Hall–Kier alpha value is -3.77. The van der Waals surface area contributed by atoms with Gasteiger partial charge in [0, 0.05) is 22.7 Å². The van der Waals surface area contributed by atoms with E-state index in [2.05, 4.69) is 0 Å². The predicted octanol–water partition coefficient (Wildman–Crippen LogP) is 5.19. The number of methoxy groups -OCH3 is 2. The lowest BCUT2D eigenvalue weighted by atomic mass is 10.1. The van der Waals surface area contributed by atoms with Crippen LogP contribution in [0.15, 0.2) is 66.4 Å². The lowest BCUT2D eigenvalue weighted by molar-refractivity contribution is 0.0734. The first kappa shape index (κ1) is 20.5. The van der Waals surface area contributed by atoms with E-state index in [1.165, 1.54) is 13.2 Å². The van der Waals surface area contributed by atoms with Crippen LogP contribution in [0.3, 0.4) is 0 Å². The third-order valence-electron chi connectivity index (χ3n) is 4.66. The fourth-order valence-corrected chi connectivity index (χ4v) is 3.19. The number of ether oxygens (including phenoxy) is 4. The molecule has 0 fully saturated rings. The van der Waals surface area contributed by atoms with E-state index in [4.69, 9.17) is 30.5 Å². The Kier molecular flexibility index (Phi) is 5.64. The standard InChI is InChI=1S/C24H17ClO6/c1-28-17-8-5-15(20(12-17)29-2)11-22-23(26)19-10-9-18(13-21(19)31-22)30-24(27)14-3-6-16(25)7-4-14/h3-13H,1-2H3. The lowest BCUT2D eigenvalue weighted by Crippen LogP contribution is -2.08. The average molecular weight is 437 g/mol. The lowest BCUT2D eigenvalue weighted by Gasteiger charge is -2.08. The number of allylic oxidation sites excluding steroid dienone is 1. The van der Waals surface area contributed by atoms with E-state index < -0.39 is 5.97 Å². The van der Waals surface area contributed by atoms with Gasteiger partial charge in [0.1, 0.15) is 23.0 Å². The predicted molar refractivity (Wildman–Crippen MR) is 115 cm³/mol. The van der Waals surface area contributed by atoms with Crippen LogP contribution in [-0.4, -0.2) is 26.0 Å².